The van der Waals surface area contributed by atoms with Crippen molar-refractivity contribution in [2.24, 2.45) is 0 Å². The zero-order valence-electron chi connectivity index (χ0n) is 16.1. The third-order valence-electron chi connectivity index (χ3n) is 5.47. The highest BCUT2D eigenvalue weighted by Crippen LogP contribution is 2.36. The van der Waals surface area contributed by atoms with E-state index in [1.165, 1.54) is 5.56 Å². The summed E-state index contributed by atoms with van der Waals surface area (Å²) in [4.78, 5) is 19.8. The zero-order valence-corrected chi connectivity index (χ0v) is 16.9. The number of pyridine rings is 1. The summed E-state index contributed by atoms with van der Waals surface area (Å²) in [6.07, 6.45) is 2.40. The Kier molecular flexibility index (Phi) is 4.14. The molecule has 1 aliphatic rings. The molecule has 5 nitrogen and oxygen atoms in total. The zero-order chi connectivity index (χ0) is 20.1. The van der Waals surface area contributed by atoms with E-state index in [1.54, 1.807) is 10.9 Å². The molecule has 0 saturated carbocycles. The molecule has 1 amide bonds. The Hall–Kier alpha value is -3.18. The first-order chi connectivity index (χ1) is 14.1. The van der Waals surface area contributed by atoms with Crippen molar-refractivity contribution in [2.75, 3.05) is 4.90 Å². The van der Waals surface area contributed by atoms with Crippen molar-refractivity contribution in [3.05, 3.63) is 82.6 Å². The minimum Gasteiger partial charge on any atom is -0.305 e. The number of halogens is 1. The van der Waals surface area contributed by atoms with E-state index in [-0.39, 0.29) is 11.9 Å². The smallest absolute Gasteiger partial charge is 0.261 e. The largest absolute Gasteiger partial charge is 0.305 e. The number of aryl methyl sites for hydroxylation is 1. The van der Waals surface area contributed by atoms with E-state index < -0.39 is 0 Å². The minimum absolute atomic E-state index is 0.0693. The van der Waals surface area contributed by atoms with Crippen molar-refractivity contribution in [1.29, 1.82) is 0 Å². The molecule has 29 heavy (non-hydrogen) atoms. The summed E-state index contributed by atoms with van der Waals surface area (Å²) in [7, 11) is 0. The average molecular weight is 403 g/mol. The molecule has 0 fully saturated rings. The van der Waals surface area contributed by atoms with Crippen molar-refractivity contribution >= 4 is 34.2 Å². The standard InChI is InChI=1S/C23H19ClN4O/c1-14-12-16-8-6-7-11-19(16)27(14)23(29)18-13-25-22-20(21(18)24)15(2)26-28(22)17-9-4-3-5-10-17/h3-11,13-14H,12H2,1-2H3/t14-/m0/s1. The molecule has 3 heterocycles. The number of para-hydroxylation sites is 2. The molecule has 144 valence electrons. The molecule has 0 radical (unpaired) electrons. The molecule has 2 aromatic carbocycles. The summed E-state index contributed by atoms with van der Waals surface area (Å²) in [5.74, 6) is -0.131. The van der Waals surface area contributed by atoms with E-state index in [0.717, 1.165) is 23.5 Å². The van der Waals surface area contributed by atoms with Gasteiger partial charge in [-0.15, -0.1) is 0 Å². The lowest BCUT2D eigenvalue weighted by Crippen LogP contribution is -2.36. The summed E-state index contributed by atoms with van der Waals surface area (Å²) in [5.41, 5.74) is 4.80. The Balaban J connectivity index is 1.63. The lowest BCUT2D eigenvalue weighted by molar-refractivity contribution is 0.0981. The number of benzene rings is 2. The summed E-state index contributed by atoms with van der Waals surface area (Å²) < 4.78 is 1.76. The first kappa shape index (κ1) is 17.9. The van der Waals surface area contributed by atoms with Crippen LogP contribution in [0.15, 0.2) is 60.8 Å². The highest BCUT2D eigenvalue weighted by atomic mass is 35.5. The van der Waals surface area contributed by atoms with E-state index >= 15 is 0 Å². The maximum absolute atomic E-state index is 13.4. The summed E-state index contributed by atoms with van der Waals surface area (Å²) >= 11 is 6.75. The maximum atomic E-state index is 13.4. The number of rotatable bonds is 2. The fourth-order valence-electron chi connectivity index (χ4n) is 4.11. The van der Waals surface area contributed by atoms with E-state index in [1.807, 2.05) is 60.4 Å². The van der Waals surface area contributed by atoms with Crippen LogP contribution in [0.5, 0.6) is 0 Å². The minimum atomic E-state index is -0.131. The summed E-state index contributed by atoms with van der Waals surface area (Å²) in [5, 5.41) is 5.72. The van der Waals surface area contributed by atoms with Crippen LogP contribution < -0.4 is 4.90 Å². The molecule has 0 spiro atoms. The highest BCUT2D eigenvalue weighted by Gasteiger charge is 2.33. The number of nitrogens with zero attached hydrogens (tertiary/aromatic N) is 4. The van der Waals surface area contributed by atoms with Gasteiger partial charge >= 0.3 is 0 Å². The van der Waals surface area contributed by atoms with Gasteiger partial charge in [-0.1, -0.05) is 48.0 Å². The van der Waals surface area contributed by atoms with E-state index in [2.05, 4.69) is 23.1 Å². The molecule has 1 aliphatic heterocycles. The van der Waals surface area contributed by atoms with Crippen LogP contribution in [0.1, 0.15) is 28.5 Å². The van der Waals surface area contributed by atoms with Gasteiger partial charge in [-0.05, 0) is 44.0 Å². The van der Waals surface area contributed by atoms with E-state index in [0.29, 0.717) is 21.6 Å². The molecule has 2 aromatic heterocycles. The van der Waals surface area contributed by atoms with Crippen LogP contribution in [-0.4, -0.2) is 26.7 Å². The molecule has 0 N–H and O–H groups in total. The molecule has 0 bridgehead atoms. The molecule has 4 aromatic rings. The molecule has 0 saturated heterocycles. The average Bonchev–Trinajstić information content (AvgIpc) is 3.25. The van der Waals surface area contributed by atoms with Gasteiger partial charge < -0.3 is 4.90 Å². The second kappa shape index (κ2) is 6.71. The van der Waals surface area contributed by atoms with Gasteiger partial charge in [0.1, 0.15) is 0 Å². The van der Waals surface area contributed by atoms with Crippen molar-refractivity contribution in [3.63, 3.8) is 0 Å². The lowest BCUT2D eigenvalue weighted by atomic mass is 10.1. The van der Waals surface area contributed by atoms with Gasteiger partial charge in [-0.3, -0.25) is 4.79 Å². The number of hydrogen-bond donors (Lipinski definition) is 0. The predicted molar refractivity (Wildman–Crippen MR) is 115 cm³/mol. The van der Waals surface area contributed by atoms with Crippen LogP contribution >= 0.6 is 11.6 Å². The fraction of sp³-hybridized carbons (Fsp3) is 0.174. The summed E-state index contributed by atoms with van der Waals surface area (Å²) in [6.45, 7) is 3.94. The molecule has 6 heteroatoms. The number of hydrogen-bond acceptors (Lipinski definition) is 3. The molecule has 1 atom stereocenters. The Morgan fingerprint density at radius 3 is 2.62 bits per heavy atom. The third kappa shape index (κ3) is 2.73. The van der Waals surface area contributed by atoms with Crippen LogP contribution in [0.25, 0.3) is 16.7 Å². The van der Waals surface area contributed by atoms with Gasteiger partial charge in [-0.25, -0.2) is 9.67 Å². The van der Waals surface area contributed by atoms with Crippen LogP contribution in [0.3, 0.4) is 0 Å². The fourth-order valence-corrected chi connectivity index (χ4v) is 4.46. The first-order valence-electron chi connectivity index (χ1n) is 9.57. The van der Waals surface area contributed by atoms with Gasteiger partial charge in [0.2, 0.25) is 0 Å². The van der Waals surface area contributed by atoms with Gasteiger partial charge in [0.05, 0.1) is 27.4 Å². The van der Waals surface area contributed by atoms with Gasteiger partial charge in [0.15, 0.2) is 5.65 Å². The Labute approximate surface area is 173 Å². The number of fused-ring (bicyclic) bond motifs is 2. The number of aromatic nitrogens is 3. The first-order valence-corrected chi connectivity index (χ1v) is 9.94. The van der Waals surface area contributed by atoms with Crippen LogP contribution in [-0.2, 0) is 6.42 Å². The number of anilines is 1. The molecule has 5 rings (SSSR count). The van der Waals surface area contributed by atoms with Crippen LogP contribution in [0, 0.1) is 6.92 Å². The molecule has 0 unspecified atom stereocenters. The van der Waals surface area contributed by atoms with Gasteiger partial charge in [-0.2, -0.15) is 5.10 Å². The van der Waals surface area contributed by atoms with Crippen molar-refractivity contribution < 1.29 is 4.79 Å². The van der Waals surface area contributed by atoms with Gasteiger partial charge in [0.25, 0.3) is 5.91 Å². The van der Waals surface area contributed by atoms with Crippen LogP contribution in [0.4, 0.5) is 5.69 Å². The molecule has 0 aliphatic carbocycles. The van der Waals surface area contributed by atoms with Crippen LogP contribution in [0.2, 0.25) is 5.02 Å². The highest BCUT2D eigenvalue weighted by molar-refractivity contribution is 6.39. The van der Waals surface area contributed by atoms with Crippen molar-refractivity contribution in [2.45, 2.75) is 26.3 Å². The summed E-state index contributed by atoms with van der Waals surface area (Å²) in [6, 6.07) is 17.8. The number of carbonyl (C=O) groups excluding carboxylic acids is 1. The Morgan fingerprint density at radius 2 is 1.83 bits per heavy atom. The second-order valence-corrected chi connectivity index (χ2v) is 7.75. The van der Waals surface area contributed by atoms with E-state index in [9.17, 15) is 4.79 Å². The number of amides is 1. The topological polar surface area (TPSA) is 51.0 Å². The third-order valence-corrected chi connectivity index (χ3v) is 5.86. The normalized spacial score (nSPS) is 15.7. The van der Waals surface area contributed by atoms with Crippen molar-refractivity contribution in [3.8, 4) is 5.69 Å². The van der Waals surface area contributed by atoms with Crippen molar-refractivity contribution in [1.82, 2.24) is 14.8 Å². The maximum Gasteiger partial charge on any atom is 0.261 e. The molecular weight excluding hydrogens is 384 g/mol. The SMILES string of the molecule is Cc1nn(-c2ccccc2)c2ncc(C(=O)N3c4ccccc4C[C@@H]3C)c(Cl)c12. The molecular formula is C23H19ClN4O. The second-order valence-electron chi connectivity index (χ2n) is 7.37. The van der Waals surface area contributed by atoms with Gasteiger partial charge in [0, 0.05) is 17.9 Å². The monoisotopic (exact) mass is 402 g/mol. The lowest BCUT2D eigenvalue weighted by Gasteiger charge is -2.23. The van der Waals surface area contributed by atoms with E-state index in [4.69, 9.17) is 11.6 Å². The Morgan fingerprint density at radius 1 is 1.10 bits per heavy atom. The Bertz CT molecular complexity index is 1250. The quantitative estimate of drug-likeness (QED) is 0.475. The number of carbonyl (C=O) groups is 1. The predicted octanol–water partition coefficient (Wildman–Crippen LogP) is 4.97.